The second kappa shape index (κ2) is 4.93. The van der Waals surface area contributed by atoms with Gasteiger partial charge < -0.3 is 19.9 Å². The molecule has 88 valence electrons. The van der Waals surface area contributed by atoms with Crippen LogP contribution in [0.4, 0.5) is 4.79 Å². The van der Waals surface area contributed by atoms with Gasteiger partial charge in [-0.2, -0.15) is 4.98 Å². The van der Waals surface area contributed by atoms with Crippen molar-refractivity contribution in [3.8, 4) is 0 Å². The largest absolute Gasteiger partial charge is 0.379 e. The van der Waals surface area contributed by atoms with Crippen molar-refractivity contribution in [1.82, 2.24) is 20.8 Å². The molecular formula is C9H14N4O3. The molecule has 1 aromatic heterocycles. The Kier molecular flexibility index (Phi) is 3.35. The van der Waals surface area contributed by atoms with Gasteiger partial charge in [0.2, 0.25) is 5.89 Å². The molecule has 7 nitrogen and oxygen atoms in total. The minimum Gasteiger partial charge on any atom is -0.379 e. The number of nitrogens with one attached hydrogen (secondary N) is 2. The Balaban J connectivity index is 1.71. The number of hydrogen-bond donors (Lipinski definition) is 2. The van der Waals surface area contributed by atoms with Crippen LogP contribution in [0.1, 0.15) is 18.1 Å². The topological polar surface area (TPSA) is 89.3 Å². The Morgan fingerprint density at radius 3 is 3.12 bits per heavy atom. The molecule has 1 aliphatic rings. The fourth-order valence-electron chi connectivity index (χ4n) is 1.45. The first-order valence-corrected chi connectivity index (χ1v) is 5.15. The summed E-state index contributed by atoms with van der Waals surface area (Å²) in [5, 5.41) is 9.05. The van der Waals surface area contributed by atoms with Crippen LogP contribution >= 0.6 is 0 Å². The van der Waals surface area contributed by atoms with E-state index in [9.17, 15) is 4.79 Å². The molecule has 1 saturated heterocycles. The highest BCUT2D eigenvalue weighted by atomic mass is 16.5. The Morgan fingerprint density at radius 1 is 1.62 bits per heavy atom. The van der Waals surface area contributed by atoms with Crippen LogP contribution in [-0.4, -0.2) is 35.4 Å². The van der Waals surface area contributed by atoms with E-state index in [4.69, 9.17) is 9.26 Å². The van der Waals surface area contributed by atoms with E-state index in [0.29, 0.717) is 24.9 Å². The zero-order chi connectivity index (χ0) is 11.4. The molecule has 0 aliphatic carbocycles. The van der Waals surface area contributed by atoms with Gasteiger partial charge in [0.1, 0.15) is 0 Å². The maximum Gasteiger partial charge on any atom is 0.315 e. The zero-order valence-corrected chi connectivity index (χ0v) is 9.02. The highest BCUT2D eigenvalue weighted by Gasteiger charge is 2.17. The van der Waals surface area contributed by atoms with Crippen molar-refractivity contribution in [3.63, 3.8) is 0 Å². The van der Waals surface area contributed by atoms with Crippen LogP contribution in [0.2, 0.25) is 0 Å². The SMILES string of the molecule is Cc1noc(CNC(=O)NC2CCOC2)n1. The summed E-state index contributed by atoms with van der Waals surface area (Å²) >= 11 is 0. The molecule has 1 unspecified atom stereocenters. The maximum atomic E-state index is 11.4. The maximum absolute atomic E-state index is 11.4. The van der Waals surface area contributed by atoms with Crippen molar-refractivity contribution < 1.29 is 14.1 Å². The second-order valence-electron chi connectivity index (χ2n) is 3.62. The molecule has 1 fully saturated rings. The lowest BCUT2D eigenvalue weighted by molar-refractivity contribution is 0.188. The van der Waals surface area contributed by atoms with Crippen molar-refractivity contribution >= 4 is 6.03 Å². The summed E-state index contributed by atoms with van der Waals surface area (Å²) < 4.78 is 10.00. The molecule has 0 bridgehead atoms. The summed E-state index contributed by atoms with van der Waals surface area (Å²) in [4.78, 5) is 15.4. The smallest absolute Gasteiger partial charge is 0.315 e. The molecule has 2 rings (SSSR count). The molecule has 0 spiro atoms. The third-order valence-corrected chi connectivity index (χ3v) is 2.23. The van der Waals surface area contributed by atoms with Gasteiger partial charge in [0.25, 0.3) is 0 Å². The monoisotopic (exact) mass is 226 g/mol. The average Bonchev–Trinajstić information content (AvgIpc) is 2.87. The molecule has 2 heterocycles. The molecule has 0 aromatic carbocycles. The predicted molar refractivity (Wildman–Crippen MR) is 53.6 cm³/mol. The highest BCUT2D eigenvalue weighted by molar-refractivity contribution is 5.74. The molecule has 0 radical (unpaired) electrons. The van der Waals surface area contributed by atoms with Gasteiger partial charge in [0.05, 0.1) is 19.2 Å². The van der Waals surface area contributed by atoms with E-state index in [1.165, 1.54) is 0 Å². The molecule has 2 N–H and O–H groups in total. The standard InChI is InChI=1S/C9H14N4O3/c1-6-11-8(16-13-6)4-10-9(14)12-7-2-3-15-5-7/h7H,2-5H2,1H3,(H2,10,12,14). The number of aryl methyl sites for hydroxylation is 1. The third-order valence-electron chi connectivity index (χ3n) is 2.23. The van der Waals surface area contributed by atoms with Crippen LogP contribution in [0.3, 0.4) is 0 Å². The number of rotatable bonds is 3. The summed E-state index contributed by atoms with van der Waals surface area (Å²) in [6.07, 6.45) is 0.854. The van der Waals surface area contributed by atoms with Gasteiger partial charge >= 0.3 is 6.03 Å². The zero-order valence-electron chi connectivity index (χ0n) is 9.02. The lowest BCUT2D eigenvalue weighted by Crippen LogP contribution is -2.42. The van der Waals surface area contributed by atoms with Crippen LogP contribution in [0.15, 0.2) is 4.52 Å². The van der Waals surface area contributed by atoms with E-state index in [-0.39, 0.29) is 18.6 Å². The number of carbonyl (C=O) groups excluding carboxylic acids is 1. The van der Waals surface area contributed by atoms with E-state index in [1.54, 1.807) is 6.92 Å². The van der Waals surface area contributed by atoms with Gasteiger partial charge in [-0.25, -0.2) is 4.79 Å². The van der Waals surface area contributed by atoms with Crippen molar-refractivity contribution in [2.75, 3.05) is 13.2 Å². The fourth-order valence-corrected chi connectivity index (χ4v) is 1.45. The van der Waals surface area contributed by atoms with Gasteiger partial charge in [-0.15, -0.1) is 0 Å². The van der Waals surface area contributed by atoms with E-state index >= 15 is 0 Å². The predicted octanol–water partition coefficient (Wildman–Crippen LogP) is -0.0339. The van der Waals surface area contributed by atoms with Crippen LogP contribution in [0.5, 0.6) is 0 Å². The van der Waals surface area contributed by atoms with Gasteiger partial charge in [0.15, 0.2) is 5.82 Å². The number of urea groups is 1. The van der Waals surface area contributed by atoms with Gasteiger partial charge in [-0.1, -0.05) is 5.16 Å². The van der Waals surface area contributed by atoms with Gasteiger partial charge in [0, 0.05) is 6.61 Å². The number of hydrogen-bond acceptors (Lipinski definition) is 5. The highest BCUT2D eigenvalue weighted by Crippen LogP contribution is 2.02. The first kappa shape index (κ1) is 10.9. The van der Waals surface area contributed by atoms with Crippen LogP contribution < -0.4 is 10.6 Å². The fraction of sp³-hybridized carbons (Fsp3) is 0.667. The lowest BCUT2D eigenvalue weighted by atomic mass is 10.3. The van der Waals surface area contributed by atoms with Crippen molar-refractivity contribution in [3.05, 3.63) is 11.7 Å². The molecule has 1 aromatic rings. The first-order chi connectivity index (χ1) is 7.74. The molecule has 1 aliphatic heterocycles. The first-order valence-electron chi connectivity index (χ1n) is 5.15. The van der Waals surface area contributed by atoms with Crippen molar-refractivity contribution in [1.29, 1.82) is 0 Å². The second-order valence-corrected chi connectivity index (χ2v) is 3.62. The quantitative estimate of drug-likeness (QED) is 0.755. The normalized spacial score (nSPS) is 19.7. The van der Waals surface area contributed by atoms with Crippen LogP contribution in [0, 0.1) is 6.92 Å². The summed E-state index contributed by atoms with van der Waals surface area (Å²) in [5.74, 6) is 0.955. The van der Waals surface area contributed by atoms with E-state index in [2.05, 4.69) is 20.8 Å². The number of amides is 2. The molecule has 7 heteroatoms. The molecule has 2 amide bonds. The Labute approximate surface area is 92.5 Å². The van der Waals surface area contributed by atoms with E-state index in [1.807, 2.05) is 0 Å². The summed E-state index contributed by atoms with van der Waals surface area (Å²) in [6.45, 7) is 3.24. The number of aromatic nitrogens is 2. The third kappa shape index (κ3) is 2.93. The lowest BCUT2D eigenvalue weighted by Gasteiger charge is -2.10. The van der Waals surface area contributed by atoms with Crippen LogP contribution in [0.25, 0.3) is 0 Å². The molecule has 0 saturated carbocycles. The molecule has 1 atom stereocenters. The minimum atomic E-state index is -0.244. The molecular weight excluding hydrogens is 212 g/mol. The number of carbonyl (C=O) groups is 1. The summed E-state index contributed by atoms with van der Waals surface area (Å²) in [7, 11) is 0. The molecule has 16 heavy (non-hydrogen) atoms. The average molecular weight is 226 g/mol. The number of ether oxygens (including phenoxy) is 1. The van der Waals surface area contributed by atoms with Gasteiger partial charge in [-0.05, 0) is 13.3 Å². The number of nitrogens with zero attached hydrogens (tertiary/aromatic N) is 2. The Hall–Kier alpha value is -1.63. The van der Waals surface area contributed by atoms with Crippen LogP contribution in [-0.2, 0) is 11.3 Å². The van der Waals surface area contributed by atoms with Crippen molar-refractivity contribution in [2.45, 2.75) is 25.9 Å². The van der Waals surface area contributed by atoms with Gasteiger partial charge in [-0.3, -0.25) is 0 Å². The Morgan fingerprint density at radius 2 is 2.50 bits per heavy atom. The van der Waals surface area contributed by atoms with Crippen molar-refractivity contribution in [2.24, 2.45) is 0 Å². The Bertz CT molecular complexity index is 359. The summed E-state index contributed by atoms with van der Waals surface area (Å²) in [6, 6.07) is -0.143. The summed E-state index contributed by atoms with van der Waals surface area (Å²) in [5.41, 5.74) is 0. The minimum absolute atomic E-state index is 0.101. The van der Waals surface area contributed by atoms with E-state index < -0.39 is 0 Å². The van der Waals surface area contributed by atoms with E-state index in [0.717, 1.165) is 6.42 Å².